The van der Waals surface area contributed by atoms with Crippen molar-refractivity contribution >= 4 is 5.97 Å². The lowest BCUT2D eigenvalue weighted by Crippen LogP contribution is -2.54. The molecule has 1 atom stereocenters. The van der Waals surface area contributed by atoms with Crippen LogP contribution in [-0.2, 0) is 11.2 Å². The molecule has 0 spiro atoms. The summed E-state index contributed by atoms with van der Waals surface area (Å²) in [6, 6.07) is 8.10. The zero-order valence-corrected chi connectivity index (χ0v) is 11.5. The zero-order chi connectivity index (χ0) is 13.9. The van der Waals surface area contributed by atoms with E-state index in [0.717, 1.165) is 19.3 Å². The van der Waals surface area contributed by atoms with Crippen LogP contribution in [-0.4, -0.2) is 29.3 Å². The summed E-state index contributed by atoms with van der Waals surface area (Å²) < 4.78 is 5.62. The smallest absolute Gasteiger partial charge is 0.327 e. The van der Waals surface area contributed by atoms with E-state index in [1.165, 1.54) is 5.56 Å². The highest BCUT2D eigenvalue weighted by molar-refractivity contribution is 5.78. The molecule has 1 aromatic carbocycles. The molecule has 0 aliphatic heterocycles. The average molecular weight is 263 g/mol. The van der Waals surface area contributed by atoms with Gasteiger partial charge < -0.3 is 9.84 Å². The van der Waals surface area contributed by atoms with Gasteiger partial charge in [-0.3, -0.25) is 10.1 Å². The van der Waals surface area contributed by atoms with E-state index in [1.807, 2.05) is 24.3 Å². The molecule has 1 aromatic rings. The van der Waals surface area contributed by atoms with Crippen LogP contribution in [0.25, 0.3) is 0 Å². The first kappa shape index (κ1) is 13.9. The fraction of sp³-hybridized carbons (Fsp3) is 0.533. The summed E-state index contributed by atoms with van der Waals surface area (Å²) in [7, 11) is 0. The molecule has 0 saturated heterocycles. The van der Waals surface area contributed by atoms with E-state index in [4.69, 9.17) is 4.74 Å². The number of carboxylic acids is 1. The first-order chi connectivity index (χ1) is 9.03. The second-order valence-corrected chi connectivity index (χ2v) is 5.34. The molecule has 2 rings (SSSR count). The molecule has 1 saturated carbocycles. The minimum Gasteiger partial charge on any atom is -0.491 e. The third-order valence-electron chi connectivity index (χ3n) is 3.43. The molecule has 2 N–H and O–H groups in total. The van der Waals surface area contributed by atoms with Gasteiger partial charge in [0.05, 0.1) is 0 Å². The molecule has 1 aliphatic rings. The quantitative estimate of drug-likeness (QED) is 0.792. The summed E-state index contributed by atoms with van der Waals surface area (Å²) in [5.74, 6) is -0.160. The molecule has 0 radical (unpaired) electrons. The van der Waals surface area contributed by atoms with Gasteiger partial charge >= 0.3 is 5.97 Å². The summed E-state index contributed by atoms with van der Waals surface area (Å²) in [6.07, 6.45) is 3.08. The van der Waals surface area contributed by atoms with Crippen molar-refractivity contribution in [2.75, 3.05) is 6.61 Å². The second kappa shape index (κ2) is 5.61. The minimum absolute atomic E-state index is 0.129. The van der Waals surface area contributed by atoms with Crippen molar-refractivity contribution in [3.63, 3.8) is 0 Å². The predicted molar refractivity (Wildman–Crippen MR) is 73.5 cm³/mol. The van der Waals surface area contributed by atoms with E-state index in [2.05, 4.69) is 12.2 Å². The van der Waals surface area contributed by atoms with Gasteiger partial charge in [-0.15, -0.1) is 0 Å². The maximum Gasteiger partial charge on any atom is 0.327 e. The first-order valence-corrected chi connectivity index (χ1v) is 6.76. The van der Waals surface area contributed by atoms with Gasteiger partial charge in [0.15, 0.2) is 0 Å². The van der Waals surface area contributed by atoms with Crippen molar-refractivity contribution in [2.24, 2.45) is 0 Å². The molecular weight excluding hydrogens is 242 g/mol. The Morgan fingerprint density at radius 2 is 2.05 bits per heavy atom. The Hall–Kier alpha value is -1.55. The lowest BCUT2D eigenvalue weighted by Gasteiger charge is -2.26. The Morgan fingerprint density at radius 1 is 1.42 bits per heavy atom. The summed E-state index contributed by atoms with van der Waals surface area (Å²) in [5.41, 5.74) is 0.217. The van der Waals surface area contributed by atoms with Crippen LogP contribution in [0.2, 0.25) is 0 Å². The SMILES string of the molecule is CCc1ccc(OCC(C)(NC2CC2)C(=O)O)cc1. The first-order valence-electron chi connectivity index (χ1n) is 6.76. The molecule has 1 fully saturated rings. The Balaban J connectivity index is 1.95. The summed E-state index contributed by atoms with van der Waals surface area (Å²) in [6.45, 7) is 3.90. The van der Waals surface area contributed by atoms with Gasteiger partial charge in [-0.05, 0) is 43.9 Å². The minimum atomic E-state index is -1.02. The molecule has 4 heteroatoms. The van der Waals surface area contributed by atoms with Gasteiger partial charge in [-0.1, -0.05) is 19.1 Å². The van der Waals surface area contributed by atoms with Gasteiger partial charge in [0.25, 0.3) is 0 Å². The Bertz CT molecular complexity index is 439. The third kappa shape index (κ3) is 3.70. The van der Waals surface area contributed by atoms with Crippen molar-refractivity contribution in [3.05, 3.63) is 29.8 Å². The van der Waals surface area contributed by atoms with E-state index in [1.54, 1.807) is 6.92 Å². The molecule has 4 nitrogen and oxygen atoms in total. The molecular formula is C15H21NO3. The maximum absolute atomic E-state index is 11.4. The zero-order valence-electron chi connectivity index (χ0n) is 11.5. The van der Waals surface area contributed by atoms with Crippen LogP contribution >= 0.6 is 0 Å². The normalized spacial score (nSPS) is 17.8. The number of hydrogen-bond donors (Lipinski definition) is 2. The molecule has 0 aromatic heterocycles. The van der Waals surface area contributed by atoms with E-state index < -0.39 is 11.5 Å². The number of aliphatic carboxylic acids is 1. The van der Waals surface area contributed by atoms with Crippen molar-refractivity contribution in [1.29, 1.82) is 0 Å². The molecule has 0 heterocycles. The Morgan fingerprint density at radius 3 is 2.53 bits per heavy atom. The van der Waals surface area contributed by atoms with Gasteiger partial charge in [0.1, 0.15) is 17.9 Å². The van der Waals surface area contributed by atoms with E-state index >= 15 is 0 Å². The largest absolute Gasteiger partial charge is 0.491 e. The molecule has 0 bridgehead atoms. The number of aryl methyl sites for hydroxylation is 1. The van der Waals surface area contributed by atoms with Crippen molar-refractivity contribution < 1.29 is 14.6 Å². The monoisotopic (exact) mass is 263 g/mol. The summed E-state index contributed by atoms with van der Waals surface area (Å²) in [5, 5.41) is 12.5. The number of hydrogen-bond acceptors (Lipinski definition) is 3. The second-order valence-electron chi connectivity index (χ2n) is 5.34. The van der Waals surface area contributed by atoms with Crippen molar-refractivity contribution in [2.45, 2.75) is 44.7 Å². The lowest BCUT2D eigenvalue weighted by molar-refractivity contribution is -0.145. The van der Waals surface area contributed by atoms with Gasteiger partial charge in [-0.25, -0.2) is 0 Å². The number of nitrogens with one attached hydrogen (secondary N) is 1. The van der Waals surface area contributed by atoms with Crippen LogP contribution in [0.3, 0.4) is 0 Å². The molecule has 1 unspecified atom stereocenters. The highest BCUT2D eigenvalue weighted by atomic mass is 16.5. The number of carboxylic acid groups (broad SMARTS) is 1. The number of benzene rings is 1. The molecule has 104 valence electrons. The highest BCUT2D eigenvalue weighted by Crippen LogP contribution is 2.23. The van der Waals surface area contributed by atoms with Gasteiger partial charge in [-0.2, -0.15) is 0 Å². The predicted octanol–water partition coefficient (Wildman–Crippen LogP) is 2.22. The average Bonchev–Trinajstić information content (AvgIpc) is 3.20. The number of rotatable bonds is 7. The Kier molecular flexibility index (Phi) is 4.10. The van der Waals surface area contributed by atoms with Gasteiger partial charge in [0, 0.05) is 6.04 Å². The molecule has 1 aliphatic carbocycles. The Labute approximate surface area is 113 Å². The topological polar surface area (TPSA) is 58.6 Å². The van der Waals surface area contributed by atoms with Gasteiger partial charge in [0.2, 0.25) is 0 Å². The van der Waals surface area contributed by atoms with Crippen LogP contribution in [0.1, 0.15) is 32.3 Å². The summed E-state index contributed by atoms with van der Waals surface area (Å²) in [4.78, 5) is 11.4. The molecule has 0 amide bonds. The van der Waals surface area contributed by atoms with Crippen LogP contribution < -0.4 is 10.1 Å². The van der Waals surface area contributed by atoms with Crippen molar-refractivity contribution in [1.82, 2.24) is 5.32 Å². The van der Waals surface area contributed by atoms with E-state index in [0.29, 0.717) is 11.8 Å². The van der Waals surface area contributed by atoms with Crippen LogP contribution in [0.5, 0.6) is 5.75 Å². The number of carbonyl (C=O) groups is 1. The fourth-order valence-corrected chi connectivity index (χ4v) is 1.89. The fourth-order valence-electron chi connectivity index (χ4n) is 1.89. The maximum atomic E-state index is 11.4. The van der Waals surface area contributed by atoms with Crippen molar-refractivity contribution in [3.8, 4) is 5.75 Å². The van der Waals surface area contributed by atoms with E-state index in [9.17, 15) is 9.90 Å². The lowest BCUT2D eigenvalue weighted by atomic mass is 10.0. The highest BCUT2D eigenvalue weighted by Gasteiger charge is 2.39. The van der Waals surface area contributed by atoms with Crippen LogP contribution in [0.4, 0.5) is 0 Å². The number of ether oxygens (including phenoxy) is 1. The third-order valence-corrected chi connectivity index (χ3v) is 3.43. The van der Waals surface area contributed by atoms with Crippen LogP contribution in [0, 0.1) is 0 Å². The standard InChI is InChI=1S/C15H21NO3/c1-3-11-4-8-13(9-5-11)19-10-15(2,14(17)18)16-12-6-7-12/h4-5,8-9,12,16H,3,6-7,10H2,1-2H3,(H,17,18). The summed E-state index contributed by atoms with van der Waals surface area (Å²) >= 11 is 0. The van der Waals surface area contributed by atoms with E-state index in [-0.39, 0.29) is 6.61 Å². The van der Waals surface area contributed by atoms with Crippen LogP contribution in [0.15, 0.2) is 24.3 Å². The molecule has 19 heavy (non-hydrogen) atoms.